The molecule has 4 nitrogen and oxygen atoms in total. The predicted molar refractivity (Wildman–Crippen MR) is 231 cm³/mol. The second-order valence-corrected chi connectivity index (χ2v) is 17.4. The lowest BCUT2D eigenvalue weighted by atomic mass is 9.65. The quantitative estimate of drug-likeness (QED) is 0.138. The van der Waals surface area contributed by atoms with Crippen LogP contribution in [0.15, 0.2) is 194 Å². The molecule has 5 heteroatoms. The van der Waals surface area contributed by atoms with Gasteiger partial charge in [-0.2, -0.15) is 0 Å². The second kappa shape index (κ2) is 15.5. The Balaban J connectivity index is 1.05. The van der Waals surface area contributed by atoms with Crippen LogP contribution in [0.5, 0.6) is 0 Å². The fraction of sp³-hybridized carbons (Fsp3) is 0.118. The molecule has 0 radical (unpaired) electrons. The molecule has 8 aromatic rings. The summed E-state index contributed by atoms with van der Waals surface area (Å²) >= 11 is 0. The van der Waals surface area contributed by atoms with E-state index in [2.05, 4.69) is 60.7 Å². The number of aromatic nitrogens is 3. The molecule has 0 amide bonds. The molecular weight excluding hydrogens is 702 g/mol. The van der Waals surface area contributed by atoms with Gasteiger partial charge in [0.25, 0.3) is 0 Å². The monoisotopic (exact) mass is 743 g/mol. The molecule has 1 aliphatic carbocycles. The van der Waals surface area contributed by atoms with Crippen LogP contribution >= 0.6 is 7.14 Å². The molecule has 0 aliphatic heterocycles. The Morgan fingerprint density at radius 2 is 0.732 bits per heavy atom. The van der Waals surface area contributed by atoms with Crippen molar-refractivity contribution in [1.82, 2.24) is 15.0 Å². The van der Waals surface area contributed by atoms with Gasteiger partial charge in [0.05, 0.1) is 0 Å². The molecule has 0 spiro atoms. The average Bonchev–Trinajstić information content (AvgIpc) is 3.30. The highest BCUT2D eigenvalue weighted by atomic mass is 31.2. The molecule has 0 atom stereocenters. The summed E-state index contributed by atoms with van der Waals surface area (Å²) in [5.41, 5.74) is 7.63. The maximum absolute atomic E-state index is 15.1. The van der Waals surface area contributed by atoms with E-state index in [1.165, 1.54) is 30.4 Å². The largest absolute Gasteiger partial charge is 0.309 e. The Kier molecular flexibility index (Phi) is 9.82. The zero-order valence-corrected chi connectivity index (χ0v) is 32.1. The van der Waals surface area contributed by atoms with Crippen molar-refractivity contribution in [1.29, 1.82) is 0 Å². The molecule has 1 saturated carbocycles. The Labute approximate surface area is 329 Å². The first-order valence-electron chi connectivity index (χ1n) is 19.5. The smallest absolute Gasteiger partial charge is 0.171 e. The van der Waals surface area contributed by atoms with Gasteiger partial charge >= 0.3 is 0 Å². The Bertz CT molecular complexity index is 2510. The summed E-state index contributed by atoms with van der Waals surface area (Å²) < 4.78 is 15.1. The third-order valence-corrected chi connectivity index (χ3v) is 14.4. The van der Waals surface area contributed by atoms with Crippen molar-refractivity contribution >= 4 is 23.1 Å². The minimum Gasteiger partial charge on any atom is -0.309 e. The summed E-state index contributed by atoms with van der Waals surface area (Å²) in [6, 6.07) is 66.4. The lowest BCUT2D eigenvalue weighted by molar-refractivity contribution is 0.346. The van der Waals surface area contributed by atoms with Gasteiger partial charge in [0, 0.05) is 38.0 Å². The van der Waals surface area contributed by atoms with E-state index < -0.39 is 7.14 Å². The van der Waals surface area contributed by atoms with Crippen molar-refractivity contribution in [3.63, 3.8) is 0 Å². The number of benzene rings is 7. The van der Waals surface area contributed by atoms with Crippen LogP contribution in [0.4, 0.5) is 0 Å². The Hall–Kier alpha value is -6.22. The standard InChI is InChI=1S/C51H42N3OP/c55-56(45-22-10-3-11-23-45,46-24-12-4-13-25-46)47-26-16-21-42(37-47)38-27-31-43(32-28-38)51(35-14-5-15-36-51)44-33-29-41(30-34-44)50-53-48(39-17-6-1-7-18-39)52-49(54-50)40-19-8-2-9-20-40/h1-4,6-13,16-34,37H,5,14-15,35-36H2. The SMILES string of the molecule is O=P(c1ccccc1)(c1ccccc1)c1cccc(-c2ccc(C3(c4ccc(-c5nc(-c6ccccc6)nc(-c6ccccc6)n5)cc4)CCCCC3)cc2)c1. The molecule has 1 heterocycles. The molecule has 9 rings (SSSR count). The molecule has 0 unspecified atom stereocenters. The predicted octanol–water partition coefficient (Wildman–Crippen LogP) is 11.4. The number of hydrogen-bond acceptors (Lipinski definition) is 4. The van der Waals surface area contributed by atoms with Gasteiger partial charge in [-0.15, -0.1) is 0 Å². The highest BCUT2D eigenvalue weighted by Crippen LogP contribution is 2.46. The normalized spacial score (nSPS) is 13.9. The third kappa shape index (κ3) is 6.82. The molecule has 1 fully saturated rings. The van der Waals surface area contributed by atoms with E-state index in [0.29, 0.717) is 17.5 Å². The average molecular weight is 744 g/mol. The molecule has 0 saturated heterocycles. The van der Waals surface area contributed by atoms with Gasteiger partial charge in [0.1, 0.15) is 0 Å². The maximum atomic E-state index is 15.1. The summed E-state index contributed by atoms with van der Waals surface area (Å²) in [7, 11) is -3.08. The molecule has 7 aromatic carbocycles. The maximum Gasteiger partial charge on any atom is 0.171 e. The lowest BCUT2D eigenvalue weighted by Gasteiger charge is -2.39. The molecular formula is C51H42N3OP. The summed E-state index contributed by atoms with van der Waals surface area (Å²) in [5.74, 6) is 1.99. The van der Waals surface area contributed by atoms with Gasteiger partial charge in [-0.05, 0) is 41.2 Å². The minimum absolute atomic E-state index is 0.0863. The molecule has 272 valence electrons. The van der Waals surface area contributed by atoms with Crippen LogP contribution in [0.25, 0.3) is 45.3 Å². The third-order valence-electron chi connectivity index (χ3n) is 11.3. The summed E-state index contributed by atoms with van der Waals surface area (Å²) in [4.78, 5) is 14.8. The molecule has 1 aliphatic rings. The summed E-state index contributed by atoms with van der Waals surface area (Å²) in [6.07, 6.45) is 5.83. The second-order valence-electron chi connectivity index (χ2n) is 14.7. The van der Waals surface area contributed by atoms with E-state index in [4.69, 9.17) is 15.0 Å². The first-order valence-corrected chi connectivity index (χ1v) is 21.2. The van der Waals surface area contributed by atoms with Crippen LogP contribution in [0.3, 0.4) is 0 Å². The first kappa shape index (κ1) is 35.5. The zero-order chi connectivity index (χ0) is 37.8. The fourth-order valence-electron chi connectivity index (χ4n) is 8.36. The Morgan fingerprint density at radius 3 is 1.20 bits per heavy atom. The number of nitrogens with zero attached hydrogens (tertiary/aromatic N) is 3. The first-order chi connectivity index (χ1) is 27.6. The van der Waals surface area contributed by atoms with E-state index in [1.54, 1.807) is 0 Å². The van der Waals surface area contributed by atoms with E-state index >= 15 is 4.57 Å². The van der Waals surface area contributed by atoms with Crippen LogP contribution in [-0.4, -0.2) is 15.0 Å². The van der Waals surface area contributed by atoms with Gasteiger partial charge < -0.3 is 4.57 Å². The van der Waals surface area contributed by atoms with E-state index in [-0.39, 0.29) is 5.41 Å². The van der Waals surface area contributed by atoms with Crippen LogP contribution in [-0.2, 0) is 9.98 Å². The molecule has 56 heavy (non-hydrogen) atoms. The van der Waals surface area contributed by atoms with Crippen molar-refractivity contribution < 1.29 is 4.57 Å². The number of hydrogen-bond donors (Lipinski definition) is 0. The Morgan fingerprint density at radius 1 is 0.357 bits per heavy atom. The van der Waals surface area contributed by atoms with Gasteiger partial charge in [0.15, 0.2) is 24.6 Å². The van der Waals surface area contributed by atoms with Crippen LogP contribution < -0.4 is 15.9 Å². The van der Waals surface area contributed by atoms with Crippen molar-refractivity contribution in [2.75, 3.05) is 0 Å². The van der Waals surface area contributed by atoms with Gasteiger partial charge in [-0.25, -0.2) is 15.0 Å². The van der Waals surface area contributed by atoms with Crippen molar-refractivity contribution in [2.45, 2.75) is 37.5 Å². The summed E-state index contributed by atoms with van der Waals surface area (Å²) in [6.45, 7) is 0. The van der Waals surface area contributed by atoms with Crippen LogP contribution in [0, 0.1) is 0 Å². The van der Waals surface area contributed by atoms with Crippen LogP contribution in [0.2, 0.25) is 0 Å². The van der Waals surface area contributed by atoms with Crippen LogP contribution in [0.1, 0.15) is 43.2 Å². The molecule has 0 N–H and O–H groups in total. The van der Waals surface area contributed by atoms with Crippen molar-refractivity contribution in [2.24, 2.45) is 0 Å². The van der Waals surface area contributed by atoms with Crippen molar-refractivity contribution in [3.05, 3.63) is 205 Å². The van der Waals surface area contributed by atoms with E-state index in [9.17, 15) is 0 Å². The summed E-state index contributed by atoms with van der Waals surface area (Å²) in [5, 5.41) is 2.52. The highest BCUT2D eigenvalue weighted by molar-refractivity contribution is 7.85. The minimum atomic E-state index is -3.08. The van der Waals surface area contributed by atoms with Crippen molar-refractivity contribution in [3.8, 4) is 45.3 Å². The topological polar surface area (TPSA) is 55.7 Å². The highest BCUT2D eigenvalue weighted by Gasteiger charge is 2.36. The molecule has 1 aromatic heterocycles. The van der Waals surface area contributed by atoms with E-state index in [0.717, 1.165) is 56.6 Å². The fourth-order valence-corrected chi connectivity index (χ4v) is 11.1. The van der Waals surface area contributed by atoms with Gasteiger partial charge in [0.2, 0.25) is 0 Å². The zero-order valence-electron chi connectivity index (χ0n) is 31.2. The molecule has 0 bridgehead atoms. The lowest BCUT2D eigenvalue weighted by Crippen LogP contribution is -2.30. The van der Waals surface area contributed by atoms with Gasteiger partial charge in [-0.3, -0.25) is 0 Å². The van der Waals surface area contributed by atoms with E-state index in [1.807, 2.05) is 133 Å². The number of rotatable bonds is 9. The van der Waals surface area contributed by atoms with Gasteiger partial charge in [-0.1, -0.05) is 207 Å².